The van der Waals surface area contributed by atoms with Crippen molar-refractivity contribution in [2.45, 2.75) is 26.4 Å². The number of benzene rings is 2. The molecule has 0 saturated carbocycles. The normalized spacial score (nSPS) is 17.1. The molecule has 3 aromatic rings. The Labute approximate surface area is 198 Å². The number of pyridine rings is 1. The number of aryl methyl sites for hydroxylation is 1. The van der Waals surface area contributed by atoms with Gasteiger partial charge in [0.15, 0.2) is 0 Å². The predicted octanol–water partition coefficient (Wildman–Crippen LogP) is 4.42. The molecule has 1 aliphatic rings. The molecular formula is C27H26N2O5. The highest BCUT2D eigenvalue weighted by molar-refractivity contribution is 6.46. The first-order valence-electron chi connectivity index (χ1n) is 11.0. The molecule has 174 valence electrons. The maximum Gasteiger partial charge on any atom is 0.295 e. The molecule has 0 unspecified atom stereocenters. The van der Waals surface area contributed by atoms with Crippen molar-refractivity contribution in [2.75, 3.05) is 13.7 Å². The van der Waals surface area contributed by atoms with E-state index in [4.69, 9.17) is 9.47 Å². The van der Waals surface area contributed by atoms with E-state index >= 15 is 0 Å². The summed E-state index contributed by atoms with van der Waals surface area (Å²) >= 11 is 0. The summed E-state index contributed by atoms with van der Waals surface area (Å²) in [6.07, 6.45) is 3.30. The number of amides is 1. The van der Waals surface area contributed by atoms with E-state index in [1.165, 1.54) is 4.90 Å². The second kappa shape index (κ2) is 9.79. The maximum atomic E-state index is 13.2. The van der Waals surface area contributed by atoms with Crippen LogP contribution in [0.2, 0.25) is 0 Å². The Kier molecular flexibility index (Phi) is 6.63. The molecule has 34 heavy (non-hydrogen) atoms. The minimum absolute atomic E-state index is 0.0441. The van der Waals surface area contributed by atoms with Crippen LogP contribution >= 0.6 is 0 Å². The molecule has 2 heterocycles. The number of carbonyl (C=O) groups excluding carboxylic acids is 2. The van der Waals surface area contributed by atoms with Crippen molar-refractivity contribution < 1.29 is 24.2 Å². The molecule has 2 aromatic carbocycles. The topological polar surface area (TPSA) is 89.0 Å². The second-order valence-electron chi connectivity index (χ2n) is 7.97. The summed E-state index contributed by atoms with van der Waals surface area (Å²) in [5.41, 5.74) is 2.75. The van der Waals surface area contributed by atoms with Gasteiger partial charge in [-0.1, -0.05) is 18.2 Å². The highest BCUT2D eigenvalue weighted by Gasteiger charge is 2.46. The number of hydrogen-bond donors (Lipinski definition) is 1. The number of carbonyl (C=O) groups is 2. The lowest BCUT2D eigenvalue weighted by Gasteiger charge is -2.25. The van der Waals surface area contributed by atoms with Gasteiger partial charge in [0.25, 0.3) is 11.7 Å². The van der Waals surface area contributed by atoms with E-state index < -0.39 is 17.7 Å². The summed E-state index contributed by atoms with van der Waals surface area (Å²) in [5.74, 6) is -0.280. The van der Waals surface area contributed by atoms with Gasteiger partial charge in [0.1, 0.15) is 17.3 Å². The average Bonchev–Trinajstić information content (AvgIpc) is 3.10. The van der Waals surface area contributed by atoms with Gasteiger partial charge in [-0.2, -0.15) is 0 Å². The van der Waals surface area contributed by atoms with Crippen LogP contribution in [0.5, 0.6) is 11.5 Å². The first kappa shape index (κ1) is 23.0. The molecule has 1 amide bonds. The highest BCUT2D eigenvalue weighted by atomic mass is 16.5. The van der Waals surface area contributed by atoms with Crippen LogP contribution in [0.15, 0.2) is 72.6 Å². The zero-order valence-corrected chi connectivity index (χ0v) is 19.3. The molecule has 4 rings (SSSR count). The van der Waals surface area contributed by atoms with Gasteiger partial charge in [-0.3, -0.25) is 14.6 Å². The van der Waals surface area contributed by atoms with Gasteiger partial charge >= 0.3 is 0 Å². The molecule has 1 atom stereocenters. The molecule has 0 radical (unpaired) electrons. The fourth-order valence-electron chi connectivity index (χ4n) is 4.17. The third-order valence-corrected chi connectivity index (χ3v) is 5.79. The number of rotatable bonds is 7. The number of nitrogens with zero attached hydrogens (tertiary/aromatic N) is 2. The predicted molar refractivity (Wildman–Crippen MR) is 127 cm³/mol. The molecule has 0 bridgehead atoms. The lowest BCUT2D eigenvalue weighted by atomic mass is 9.94. The number of aromatic nitrogens is 1. The lowest BCUT2D eigenvalue weighted by Crippen LogP contribution is -2.29. The van der Waals surface area contributed by atoms with E-state index in [0.717, 1.165) is 11.1 Å². The third-order valence-electron chi connectivity index (χ3n) is 5.79. The fraction of sp³-hybridized carbons (Fsp3) is 0.222. The van der Waals surface area contributed by atoms with E-state index in [1.54, 1.807) is 55.9 Å². The molecule has 1 saturated heterocycles. The van der Waals surface area contributed by atoms with Crippen LogP contribution in [-0.2, 0) is 16.1 Å². The smallest absolute Gasteiger partial charge is 0.295 e. The Morgan fingerprint density at radius 1 is 1.12 bits per heavy atom. The number of methoxy groups -OCH3 is 1. The summed E-state index contributed by atoms with van der Waals surface area (Å²) in [5, 5.41) is 11.3. The maximum absolute atomic E-state index is 13.2. The van der Waals surface area contributed by atoms with Gasteiger partial charge in [-0.15, -0.1) is 0 Å². The number of likely N-dealkylation sites (tertiary alicyclic amines) is 1. The molecule has 1 aliphatic heterocycles. The quantitative estimate of drug-likeness (QED) is 0.320. The van der Waals surface area contributed by atoms with Gasteiger partial charge in [0.2, 0.25) is 0 Å². The summed E-state index contributed by atoms with van der Waals surface area (Å²) in [6, 6.07) is 15.2. The first-order valence-corrected chi connectivity index (χ1v) is 11.0. The largest absolute Gasteiger partial charge is 0.507 e. The average molecular weight is 459 g/mol. The molecule has 0 aliphatic carbocycles. The minimum atomic E-state index is -0.765. The van der Waals surface area contributed by atoms with E-state index in [2.05, 4.69) is 4.98 Å². The fourth-order valence-corrected chi connectivity index (χ4v) is 4.17. The van der Waals surface area contributed by atoms with Crippen molar-refractivity contribution in [3.8, 4) is 11.5 Å². The molecule has 7 nitrogen and oxygen atoms in total. The Hall–Kier alpha value is -4.13. The molecule has 7 heteroatoms. The highest BCUT2D eigenvalue weighted by Crippen LogP contribution is 2.41. The van der Waals surface area contributed by atoms with Crippen LogP contribution in [0.3, 0.4) is 0 Å². The number of Topliss-reactive ketones (excluding diaryl/α,β-unsaturated/α-hetero) is 1. The van der Waals surface area contributed by atoms with Crippen LogP contribution in [0.25, 0.3) is 5.76 Å². The van der Waals surface area contributed by atoms with Crippen LogP contribution in [-0.4, -0.2) is 40.4 Å². The molecule has 1 aromatic heterocycles. The standard InChI is InChI=1S/C27H26N2O5/c1-4-34-21-10-7-19(8-11-21)24-23(25(30)20-9-12-22(33-3)17(2)14-20)26(31)27(32)29(24)16-18-6-5-13-28-15-18/h5-15,24,30H,4,16H2,1-3H3/b25-23+/t24-/m1/s1. The van der Waals surface area contributed by atoms with Crippen LogP contribution in [0, 0.1) is 6.92 Å². The van der Waals surface area contributed by atoms with Gasteiger partial charge < -0.3 is 19.5 Å². The Balaban J connectivity index is 1.84. The second-order valence-corrected chi connectivity index (χ2v) is 7.97. The molecule has 1 fully saturated rings. The van der Waals surface area contributed by atoms with Gasteiger partial charge in [0.05, 0.1) is 25.3 Å². The minimum Gasteiger partial charge on any atom is -0.507 e. The van der Waals surface area contributed by atoms with Crippen molar-refractivity contribution in [1.82, 2.24) is 9.88 Å². The van der Waals surface area contributed by atoms with Gasteiger partial charge in [-0.05, 0) is 66.9 Å². The number of aliphatic hydroxyl groups excluding tert-OH is 1. The van der Waals surface area contributed by atoms with Crippen molar-refractivity contribution in [3.05, 3.63) is 94.8 Å². The summed E-state index contributed by atoms with van der Waals surface area (Å²) < 4.78 is 10.8. The first-order chi connectivity index (χ1) is 16.4. The summed E-state index contributed by atoms with van der Waals surface area (Å²) in [4.78, 5) is 31.9. The van der Waals surface area contributed by atoms with Crippen molar-refractivity contribution in [3.63, 3.8) is 0 Å². The zero-order valence-electron chi connectivity index (χ0n) is 19.3. The molecule has 1 N–H and O–H groups in total. The number of ether oxygens (including phenoxy) is 2. The van der Waals surface area contributed by atoms with Crippen LogP contribution in [0.1, 0.15) is 35.2 Å². The Morgan fingerprint density at radius 3 is 2.50 bits per heavy atom. The molecule has 0 spiro atoms. The van der Waals surface area contributed by atoms with Crippen molar-refractivity contribution in [1.29, 1.82) is 0 Å². The number of ketones is 1. The zero-order chi connectivity index (χ0) is 24.2. The monoisotopic (exact) mass is 458 g/mol. The summed E-state index contributed by atoms with van der Waals surface area (Å²) in [6.45, 7) is 4.44. The Morgan fingerprint density at radius 2 is 1.88 bits per heavy atom. The van der Waals surface area contributed by atoms with Crippen LogP contribution < -0.4 is 9.47 Å². The lowest BCUT2D eigenvalue weighted by molar-refractivity contribution is -0.140. The van der Waals surface area contributed by atoms with E-state index in [-0.39, 0.29) is 17.9 Å². The van der Waals surface area contributed by atoms with Crippen molar-refractivity contribution in [2.24, 2.45) is 0 Å². The Bertz CT molecular complexity index is 1240. The van der Waals surface area contributed by atoms with E-state index in [9.17, 15) is 14.7 Å². The van der Waals surface area contributed by atoms with Crippen LogP contribution in [0.4, 0.5) is 0 Å². The van der Waals surface area contributed by atoms with Gasteiger partial charge in [0, 0.05) is 24.5 Å². The third kappa shape index (κ3) is 4.37. The number of hydrogen-bond acceptors (Lipinski definition) is 6. The summed E-state index contributed by atoms with van der Waals surface area (Å²) in [7, 11) is 1.57. The van der Waals surface area contributed by atoms with E-state index in [0.29, 0.717) is 29.2 Å². The SMILES string of the molecule is CCOc1ccc([C@@H]2/C(=C(\O)c3ccc(OC)c(C)c3)C(=O)C(=O)N2Cc2cccnc2)cc1. The van der Waals surface area contributed by atoms with Crippen molar-refractivity contribution >= 4 is 17.4 Å². The molecular weight excluding hydrogens is 432 g/mol. The van der Waals surface area contributed by atoms with E-state index in [1.807, 2.05) is 32.0 Å². The number of aliphatic hydroxyl groups is 1. The van der Waals surface area contributed by atoms with Gasteiger partial charge in [-0.25, -0.2) is 0 Å².